The topological polar surface area (TPSA) is 25.2 Å². The van der Waals surface area contributed by atoms with E-state index in [-0.39, 0.29) is 16.9 Å². The number of hydrogen-bond acceptors (Lipinski definition) is 2. The van der Waals surface area contributed by atoms with Gasteiger partial charge in [-0.2, -0.15) is 0 Å². The van der Waals surface area contributed by atoms with Crippen LogP contribution in [-0.4, -0.2) is 6.54 Å². The number of furan rings is 1. The molecule has 1 heterocycles. The van der Waals surface area contributed by atoms with Crippen LogP contribution in [0, 0.1) is 5.82 Å². The van der Waals surface area contributed by atoms with Crippen LogP contribution in [0.4, 0.5) is 4.39 Å². The van der Waals surface area contributed by atoms with Gasteiger partial charge in [-0.05, 0) is 37.1 Å². The van der Waals surface area contributed by atoms with Gasteiger partial charge in [-0.25, -0.2) is 4.39 Å². The lowest BCUT2D eigenvalue weighted by Gasteiger charge is -2.18. The normalized spacial score (nSPS) is 12.6. The lowest BCUT2D eigenvalue weighted by Crippen LogP contribution is -2.23. The first kappa shape index (κ1) is 14.1. The molecule has 19 heavy (non-hydrogen) atoms. The molecule has 0 amide bonds. The van der Waals surface area contributed by atoms with Gasteiger partial charge < -0.3 is 9.73 Å². The summed E-state index contributed by atoms with van der Waals surface area (Å²) in [5, 5.41) is 3.63. The Morgan fingerprint density at radius 3 is 2.89 bits per heavy atom. The molecule has 0 bridgehead atoms. The molecular formula is C15H17ClFNO. The minimum atomic E-state index is -0.374. The molecule has 4 heteroatoms. The molecule has 2 aromatic rings. The van der Waals surface area contributed by atoms with Crippen LogP contribution >= 0.6 is 11.6 Å². The summed E-state index contributed by atoms with van der Waals surface area (Å²) in [6.07, 6.45) is 5.02. The van der Waals surface area contributed by atoms with E-state index in [1.54, 1.807) is 18.6 Å². The van der Waals surface area contributed by atoms with Crippen LogP contribution in [0.2, 0.25) is 5.02 Å². The zero-order valence-electron chi connectivity index (χ0n) is 10.8. The third kappa shape index (κ3) is 3.58. The molecule has 0 saturated carbocycles. The highest BCUT2D eigenvalue weighted by atomic mass is 35.5. The number of benzene rings is 1. The second-order valence-electron chi connectivity index (χ2n) is 4.48. The SMILES string of the molecule is CCCNC(Cc1cccc(F)c1Cl)c1ccoc1. The van der Waals surface area contributed by atoms with Gasteiger partial charge in [0.05, 0.1) is 17.5 Å². The molecular weight excluding hydrogens is 265 g/mol. The van der Waals surface area contributed by atoms with Crippen LogP contribution in [0.1, 0.15) is 30.5 Å². The van der Waals surface area contributed by atoms with Crippen LogP contribution < -0.4 is 5.32 Å². The van der Waals surface area contributed by atoms with Gasteiger partial charge >= 0.3 is 0 Å². The maximum Gasteiger partial charge on any atom is 0.142 e. The second-order valence-corrected chi connectivity index (χ2v) is 4.86. The highest BCUT2D eigenvalue weighted by molar-refractivity contribution is 6.31. The van der Waals surface area contributed by atoms with Crippen LogP contribution in [0.25, 0.3) is 0 Å². The predicted octanol–water partition coefficient (Wildman–Crippen LogP) is 4.36. The fourth-order valence-electron chi connectivity index (χ4n) is 2.03. The Hall–Kier alpha value is -1.32. The van der Waals surface area contributed by atoms with Gasteiger partial charge in [0.2, 0.25) is 0 Å². The maximum absolute atomic E-state index is 13.5. The van der Waals surface area contributed by atoms with Gasteiger partial charge in [-0.15, -0.1) is 0 Å². The van der Waals surface area contributed by atoms with Gasteiger partial charge in [0.15, 0.2) is 0 Å². The van der Waals surface area contributed by atoms with Crippen molar-refractivity contribution in [1.29, 1.82) is 0 Å². The van der Waals surface area contributed by atoms with E-state index in [0.717, 1.165) is 24.1 Å². The van der Waals surface area contributed by atoms with E-state index in [9.17, 15) is 4.39 Å². The Bertz CT molecular complexity index is 513. The Morgan fingerprint density at radius 2 is 2.21 bits per heavy atom. The van der Waals surface area contributed by atoms with Crippen LogP contribution in [0.3, 0.4) is 0 Å². The van der Waals surface area contributed by atoms with Crippen molar-refractivity contribution in [3.63, 3.8) is 0 Å². The van der Waals surface area contributed by atoms with E-state index >= 15 is 0 Å². The van der Waals surface area contributed by atoms with E-state index in [1.165, 1.54) is 6.07 Å². The van der Waals surface area contributed by atoms with Gasteiger partial charge in [0.25, 0.3) is 0 Å². The average Bonchev–Trinajstić information content (AvgIpc) is 2.93. The third-order valence-corrected chi connectivity index (χ3v) is 3.47. The molecule has 0 aliphatic rings. The van der Waals surface area contributed by atoms with Crippen LogP contribution in [0.15, 0.2) is 41.2 Å². The van der Waals surface area contributed by atoms with Crippen molar-refractivity contribution in [2.45, 2.75) is 25.8 Å². The Kier molecular flexibility index (Phi) is 5.00. The van der Waals surface area contributed by atoms with Crippen molar-refractivity contribution < 1.29 is 8.81 Å². The van der Waals surface area contributed by atoms with E-state index in [1.807, 2.05) is 12.1 Å². The molecule has 0 radical (unpaired) electrons. The molecule has 0 fully saturated rings. The molecule has 0 saturated heterocycles. The summed E-state index contributed by atoms with van der Waals surface area (Å²) in [6.45, 7) is 3.00. The monoisotopic (exact) mass is 281 g/mol. The first-order valence-electron chi connectivity index (χ1n) is 6.40. The summed E-state index contributed by atoms with van der Waals surface area (Å²) in [5.74, 6) is -0.374. The van der Waals surface area contributed by atoms with Crippen molar-refractivity contribution in [2.24, 2.45) is 0 Å². The summed E-state index contributed by atoms with van der Waals surface area (Å²) >= 11 is 6.01. The number of halogens is 2. The summed E-state index contributed by atoms with van der Waals surface area (Å²) in [6, 6.07) is 6.91. The van der Waals surface area contributed by atoms with E-state index in [2.05, 4.69) is 12.2 Å². The van der Waals surface area contributed by atoms with E-state index < -0.39 is 0 Å². The zero-order valence-corrected chi connectivity index (χ0v) is 11.6. The van der Waals surface area contributed by atoms with Crippen molar-refractivity contribution >= 4 is 11.6 Å². The number of rotatable bonds is 6. The second kappa shape index (κ2) is 6.73. The van der Waals surface area contributed by atoms with Gasteiger partial charge in [0.1, 0.15) is 5.82 Å². The summed E-state index contributed by atoms with van der Waals surface area (Å²) < 4.78 is 18.6. The fraction of sp³-hybridized carbons (Fsp3) is 0.333. The van der Waals surface area contributed by atoms with Crippen molar-refractivity contribution in [3.8, 4) is 0 Å². The molecule has 1 unspecified atom stereocenters. The van der Waals surface area contributed by atoms with Gasteiger partial charge in [0, 0.05) is 11.6 Å². The summed E-state index contributed by atoms with van der Waals surface area (Å²) in [4.78, 5) is 0. The van der Waals surface area contributed by atoms with Crippen molar-refractivity contribution in [2.75, 3.05) is 6.54 Å². The zero-order chi connectivity index (χ0) is 13.7. The molecule has 0 aliphatic heterocycles. The first-order valence-corrected chi connectivity index (χ1v) is 6.78. The van der Waals surface area contributed by atoms with Gasteiger partial charge in [-0.1, -0.05) is 30.7 Å². The highest BCUT2D eigenvalue weighted by Gasteiger charge is 2.15. The Balaban J connectivity index is 2.18. The average molecular weight is 282 g/mol. The molecule has 0 spiro atoms. The Labute approximate surface area is 117 Å². The maximum atomic E-state index is 13.5. The largest absolute Gasteiger partial charge is 0.472 e. The van der Waals surface area contributed by atoms with Crippen molar-refractivity contribution in [3.05, 3.63) is 58.8 Å². The van der Waals surface area contributed by atoms with Gasteiger partial charge in [-0.3, -0.25) is 0 Å². The molecule has 102 valence electrons. The predicted molar refractivity (Wildman–Crippen MR) is 74.9 cm³/mol. The third-order valence-electron chi connectivity index (χ3n) is 3.04. The molecule has 1 atom stereocenters. The summed E-state index contributed by atoms with van der Waals surface area (Å²) in [5.41, 5.74) is 1.85. The fourth-order valence-corrected chi connectivity index (χ4v) is 2.23. The Morgan fingerprint density at radius 1 is 1.37 bits per heavy atom. The minimum absolute atomic E-state index is 0.0815. The number of hydrogen-bond donors (Lipinski definition) is 1. The molecule has 1 N–H and O–H groups in total. The lowest BCUT2D eigenvalue weighted by molar-refractivity contribution is 0.511. The molecule has 1 aromatic heterocycles. The molecule has 2 nitrogen and oxygen atoms in total. The van der Waals surface area contributed by atoms with E-state index in [4.69, 9.17) is 16.0 Å². The standard InChI is InChI=1S/C15H17ClFNO/c1-2-7-18-14(12-6-8-19-10-12)9-11-4-3-5-13(17)15(11)16/h3-6,8,10,14,18H,2,7,9H2,1H3. The van der Waals surface area contributed by atoms with Crippen molar-refractivity contribution in [1.82, 2.24) is 5.32 Å². The molecule has 1 aromatic carbocycles. The first-order chi connectivity index (χ1) is 9.22. The smallest absolute Gasteiger partial charge is 0.142 e. The quantitative estimate of drug-likeness (QED) is 0.851. The van der Waals surface area contributed by atoms with Crippen LogP contribution in [-0.2, 0) is 6.42 Å². The number of nitrogens with one attached hydrogen (secondary N) is 1. The minimum Gasteiger partial charge on any atom is -0.472 e. The van der Waals surface area contributed by atoms with E-state index in [0.29, 0.717) is 6.42 Å². The highest BCUT2D eigenvalue weighted by Crippen LogP contribution is 2.25. The lowest BCUT2D eigenvalue weighted by atomic mass is 10.0. The molecule has 0 aliphatic carbocycles. The van der Waals surface area contributed by atoms with Crippen LogP contribution in [0.5, 0.6) is 0 Å². The summed E-state index contributed by atoms with van der Waals surface area (Å²) in [7, 11) is 0. The molecule has 2 rings (SSSR count).